The molecule has 0 unspecified atom stereocenters. The highest BCUT2D eigenvalue weighted by atomic mass is 16.6. The van der Waals surface area contributed by atoms with Crippen LogP contribution in [0.5, 0.6) is 5.75 Å². The smallest absolute Gasteiger partial charge is 0.347 e. The maximum Gasteiger partial charge on any atom is 0.347 e. The highest BCUT2D eigenvalue weighted by Crippen LogP contribution is 2.15. The van der Waals surface area contributed by atoms with Crippen LogP contribution in [0.2, 0.25) is 0 Å². The normalized spacial score (nSPS) is 11.7. The van der Waals surface area contributed by atoms with Crippen molar-refractivity contribution >= 4 is 11.9 Å². The molecule has 1 N–H and O–H groups in total. The van der Waals surface area contributed by atoms with E-state index < -0.39 is 12.1 Å². The molecule has 0 saturated carbocycles. The van der Waals surface area contributed by atoms with Gasteiger partial charge in [-0.3, -0.25) is 4.79 Å². The molecule has 0 aliphatic carbocycles. The monoisotopic (exact) mass is 341 g/mol. The van der Waals surface area contributed by atoms with Crippen molar-refractivity contribution in [2.45, 2.75) is 39.5 Å². The van der Waals surface area contributed by atoms with E-state index in [1.807, 2.05) is 30.3 Å². The number of amides is 1. The topological polar surface area (TPSA) is 64.6 Å². The maximum absolute atomic E-state index is 12.2. The van der Waals surface area contributed by atoms with Gasteiger partial charge < -0.3 is 14.8 Å². The van der Waals surface area contributed by atoms with Gasteiger partial charge in [0.25, 0.3) is 5.91 Å². The van der Waals surface area contributed by atoms with E-state index in [1.54, 1.807) is 45.0 Å². The van der Waals surface area contributed by atoms with Crippen molar-refractivity contribution in [1.29, 1.82) is 0 Å². The van der Waals surface area contributed by atoms with Gasteiger partial charge in [0.2, 0.25) is 0 Å². The Morgan fingerprint density at radius 3 is 2.20 bits per heavy atom. The Kier molecular flexibility index (Phi) is 6.57. The SMILES string of the molecule is CC(C)OC(=O)[C@H](C)Oc1ccc(C(=O)NCc2ccccc2)cc1. The Morgan fingerprint density at radius 1 is 0.960 bits per heavy atom. The molecule has 5 heteroatoms. The third kappa shape index (κ3) is 5.95. The molecule has 2 aromatic rings. The molecule has 0 heterocycles. The van der Waals surface area contributed by atoms with Crippen molar-refractivity contribution in [3.63, 3.8) is 0 Å². The summed E-state index contributed by atoms with van der Waals surface area (Å²) in [6.07, 6.45) is -0.894. The van der Waals surface area contributed by atoms with Crippen LogP contribution in [-0.4, -0.2) is 24.1 Å². The van der Waals surface area contributed by atoms with Gasteiger partial charge in [-0.2, -0.15) is 0 Å². The summed E-state index contributed by atoms with van der Waals surface area (Å²) in [5, 5.41) is 2.86. The van der Waals surface area contributed by atoms with E-state index >= 15 is 0 Å². The minimum Gasteiger partial charge on any atom is -0.479 e. The van der Waals surface area contributed by atoms with E-state index in [9.17, 15) is 9.59 Å². The summed E-state index contributed by atoms with van der Waals surface area (Å²) in [7, 11) is 0. The average Bonchev–Trinajstić information content (AvgIpc) is 2.60. The molecule has 0 aromatic heterocycles. The van der Waals surface area contributed by atoms with Crippen LogP contribution < -0.4 is 10.1 Å². The molecule has 2 rings (SSSR count). The first-order valence-electron chi connectivity index (χ1n) is 8.25. The summed E-state index contributed by atoms with van der Waals surface area (Å²) in [5.74, 6) is -0.0739. The lowest BCUT2D eigenvalue weighted by Crippen LogP contribution is -2.28. The lowest BCUT2D eigenvalue weighted by Gasteiger charge is -2.16. The molecule has 5 nitrogen and oxygen atoms in total. The van der Waals surface area contributed by atoms with Gasteiger partial charge in [-0.15, -0.1) is 0 Å². The van der Waals surface area contributed by atoms with Crippen LogP contribution >= 0.6 is 0 Å². The molecule has 0 fully saturated rings. The van der Waals surface area contributed by atoms with Gasteiger partial charge in [0.1, 0.15) is 5.75 Å². The molecule has 0 spiro atoms. The second-order valence-electron chi connectivity index (χ2n) is 5.94. The molecule has 132 valence electrons. The Hall–Kier alpha value is -2.82. The predicted octanol–water partition coefficient (Wildman–Crippen LogP) is 3.34. The lowest BCUT2D eigenvalue weighted by molar-refractivity contribution is -0.154. The largest absolute Gasteiger partial charge is 0.479 e. The van der Waals surface area contributed by atoms with Crippen molar-refractivity contribution in [1.82, 2.24) is 5.32 Å². The van der Waals surface area contributed by atoms with E-state index in [-0.39, 0.29) is 12.0 Å². The van der Waals surface area contributed by atoms with Gasteiger partial charge in [0, 0.05) is 12.1 Å². The fraction of sp³-hybridized carbons (Fsp3) is 0.300. The zero-order valence-corrected chi connectivity index (χ0v) is 14.7. The molecule has 1 atom stereocenters. The number of carbonyl (C=O) groups excluding carboxylic acids is 2. The van der Waals surface area contributed by atoms with Crippen molar-refractivity contribution in [3.05, 3.63) is 65.7 Å². The molecular formula is C20H23NO4. The van der Waals surface area contributed by atoms with Gasteiger partial charge in [-0.05, 0) is 50.6 Å². The molecule has 0 saturated heterocycles. The summed E-state index contributed by atoms with van der Waals surface area (Å²) < 4.78 is 10.6. The van der Waals surface area contributed by atoms with Crippen LogP contribution in [0.15, 0.2) is 54.6 Å². The summed E-state index contributed by atoms with van der Waals surface area (Å²) >= 11 is 0. The Morgan fingerprint density at radius 2 is 1.60 bits per heavy atom. The molecule has 0 bridgehead atoms. The van der Waals surface area contributed by atoms with Gasteiger partial charge in [-0.25, -0.2) is 4.79 Å². The molecule has 2 aromatic carbocycles. The van der Waals surface area contributed by atoms with Crippen LogP contribution in [-0.2, 0) is 16.1 Å². The molecule has 0 aliphatic rings. The van der Waals surface area contributed by atoms with Crippen LogP contribution in [0, 0.1) is 0 Å². The molecule has 25 heavy (non-hydrogen) atoms. The zero-order chi connectivity index (χ0) is 18.2. The van der Waals surface area contributed by atoms with Crippen molar-refractivity contribution in [2.75, 3.05) is 0 Å². The highest BCUT2D eigenvalue weighted by molar-refractivity contribution is 5.94. The van der Waals surface area contributed by atoms with E-state index in [1.165, 1.54) is 0 Å². The molecule has 0 radical (unpaired) electrons. The second kappa shape index (κ2) is 8.87. The second-order valence-corrected chi connectivity index (χ2v) is 5.94. The van der Waals surface area contributed by atoms with E-state index in [0.717, 1.165) is 5.56 Å². The van der Waals surface area contributed by atoms with Gasteiger partial charge in [-0.1, -0.05) is 30.3 Å². The lowest BCUT2D eigenvalue weighted by atomic mass is 10.2. The average molecular weight is 341 g/mol. The highest BCUT2D eigenvalue weighted by Gasteiger charge is 2.17. The first-order chi connectivity index (χ1) is 12.0. The number of nitrogens with one attached hydrogen (secondary N) is 1. The number of hydrogen-bond acceptors (Lipinski definition) is 4. The third-order valence-corrected chi connectivity index (χ3v) is 3.41. The van der Waals surface area contributed by atoms with Gasteiger partial charge >= 0.3 is 5.97 Å². The molecular weight excluding hydrogens is 318 g/mol. The van der Waals surface area contributed by atoms with Crippen LogP contribution in [0.4, 0.5) is 0 Å². The summed E-state index contributed by atoms with van der Waals surface area (Å²) in [5.41, 5.74) is 1.56. The van der Waals surface area contributed by atoms with Gasteiger partial charge in [0.15, 0.2) is 6.10 Å². The third-order valence-electron chi connectivity index (χ3n) is 3.41. The van der Waals surface area contributed by atoms with E-state index in [2.05, 4.69) is 5.32 Å². The quantitative estimate of drug-likeness (QED) is 0.785. The molecule has 0 aliphatic heterocycles. The van der Waals surface area contributed by atoms with Crippen LogP contribution in [0.1, 0.15) is 36.7 Å². The van der Waals surface area contributed by atoms with Crippen LogP contribution in [0.3, 0.4) is 0 Å². The van der Waals surface area contributed by atoms with E-state index in [0.29, 0.717) is 17.9 Å². The van der Waals surface area contributed by atoms with E-state index in [4.69, 9.17) is 9.47 Å². The van der Waals surface area contributed by atoms with Crippen LogP contribution in [0.25, 0.3) is 0 Å². The first kappa shape index (κ1) is 18.5. The standard InChI is InChI=1S/C20H23NO4/c1-14(2)24-20(23)15(3)25-18-11-9-17(10-12-18)19(22)21-13-16-7-5-4-6-8-16/h4-12,14-15H,13H2,1-3H3,(H,21,22)/t15-/m0/s1. The summed E-state index contributed by atoms with van der Waals surface area (Å²) in [6.45, 7) is 5.67. The minimum atomic E-state index is -0.708. The van der Waals surface area contributed by atoms with Gasteiger partial charge in [0.05, 0.1) is 6.10 Å². The number of benzene rings is 2. The fourth-order valence-electron chi connectivity index (χ4n) is 2.15. The van der Waals surface area contributed by atoms with Crippen molar-refractivity contribution < 1.29 is 19.1 Å². The first-order valence-corrected chi connectivity index (χ1v) is 8.25. The predicted molar refractivity (Wildman–Crippen MR) is 95.4 cm³/mol. The number of esters is 1. The summed E-state index contributed by atoms with van der Waals surface area (Å²) in [4.78, 5) is 23.9. The molecule has 1 amide bonds. The Labute approximate surface area is 148 Å². The number of carbonyl (C=O) groups is 2. The zero-order valence-electron chi connectivity index (χ0n) is 14.7. The maximum atomic E-state index is 12.2. The number of rotatable bonds is 7. The number of hydrogen-bond donors (Lipinski definition) is 1. The number of ether oxygens (including phenoxy) is 2. The fourth-order valence-corrected chi connectivity index (χ4v) is 2.15. The van der Waals surface area contributed by atoms with Crippen molar-refractivity contribution in [2.24, 2.45) is 0 Å². The Balaban J connectivity index is 1.88. The van der Waals surface area contributed by atoms with Crippen molar-refractivity contribution in [3.8, 4) is 5.75 Å². The minimum absolute atomic E-state index is 0.164. The Bertz CT molecular complexity index is 695. The summed E-state index contributed by atoms with van der Waals surface area (Å²) in [6, 6.07) is 16.4.